The van der Waals surface area contributed by atoms with Crippen LogP contribution in [0.5, 0.6) is 0 Å². The van der Waals surface area contributed by atoms with Crippen LogP contribution in [0.15, 0.2) is 30.6 Å². The largest absolute Gasteiger partial charge is 0.444 e. The SMILES string of the molecule is CC(C)(C)OC(=O)N1CCN(c2cccc(-c3cnc4[nH]cc(C5CC5)c4c3Cl)n2)C(=O)C1. The number of anilines is 1. The molecule has 8 nitrogen and oxygen atoms in total. The summed E-state index contributed by atoms with van der Waals surface area (Å²) in [6.45, 7) is 6.06. The number of nitrogens with zero attached hydrogens (tertiary/aromatic N) is 4. The molecule has 5 rings (SSSR count). The van der Waals surface area contributed by atoms with Crippen molar-refractivity contribution in [3.63, 3.8) is 0 Å². The Morgan fingerprint density at radius 3 is 2.73 bits per heavy atom. The number of H-pyrrole nitrogens is 1. The summed E-state index contributed by atoms with van der Waals surface area (Å²) in [5.74, 6) is 0.846. The summed E-state index contributed by atoms with van der Waals surface area (Å²) >= 11 is 6.83. The zero-order valence-electron chi connectivity index (χ0n) is 18.9. The Balaban J connectivity index is 1.39. The Hall–Kier alpha value is -3.13. The normalized spacial score (nSPS) is 17.0. The van der Waals surface area contributed by atoms with Gasteiger partial charge in [-0.15, -0.1) is 0 Å². The summed E-state index contributed by atoms with van der Waals surface area (Å²) in [6, 6.07) is 5.50. The molecule has 3 aromatic rings. The molecular formula is C24H26ClN5O3. The maximum Gasteiger partial charge on any atom is 0.410 e. The first-order chi connectivity index (χ1) is 15.7. The molecule has 2 aliphatic rings. The lowest BCUT2D eigenvalue weighted by atomic mass is 10.1. The molecule has 0 atom stereocenters. The number of aromatic amines is 1. The van der Waals surface area contributed by atoms with Crippen molar-refractivity contribution in [3.8, 4) is 11.3 Å². The lowest BCUT2D eigenvalue weighted by Gasteiger charge is -2.34. The van der Waals surface area contributed by atoms with Gasteiger partial charge >= 0.3 is 6.09 Å². The summed E-state index contributed by atoms with van der Waals surface area (Å²) in [7, 11) is 0. The molecule has 1 N–H and O–H groups in total. The summed E-state index contributed by atoms with van der Waals surface area (Å²) in [5, 5.41) is 1.57. The number of hydrogen-bond acceptors (Lipinski definition) is 5. The molecular weight excluding hydrogens is 442 g/mol. The first kappa shape index (κ1) is 21.7. The zero-order valence-corrected chi connectivity index (χ0v) is 19.6. The number of piperazine rings is 1. The van der Waals surface area contributed by atoms with Gasteiger partial charge in [0.05, 0.1) is 10.7 Å². The van der Waals surface area contributed by atoms with Crippen LogP contribution in [-0.2, 0) is 9.53 Å². The fourth-order valence-electron chi connectivity index (χ4n) is 4.10. The van der Waals surface area contributed by atoms with E-state index in [1.54, 1.807) is 37.9 Å². The molecule has 3 aromatic heterocycles. The number of amides is 2. The number of pyridine rings is 2. The van der Waals surface area contributed by atoms with Crippen LogP contribution in [0.2, 0.25) is 5.02 Å². The molecule has 1 saturated carbocycles. The highest BCUT2D eigenvalue weighted by Gasteiger charge is 2.32. The van der Waals surface area contributed by atoms with Gasteiger partial charge in [0.2, 0.25) is 5.91 Å². The number of nitrogens with one attached hydrogen (secondary N) is 1. The highest BCUT2D eigenvalue weighted by atomic mass is 35.5. The number of halogens is 1. The van der Waals surface area contributed by atoms with Crippen molar-refractivity contribution < 1.29 is 14.3 Å². The van der Waals surface area contributed by atoms with E-state index in [0.717, 1.165) is 16.6 Å². The van der Waals surface area contributed by atoms with Crippen LogP contribution in [0.25, 0.3) is 22.3 Å². The van der Waals surface area contributed by atoms with Gasteiger partial charge in [0.15, 0.2) is 0 Å². The predicted octanol–water partition coefficient (Wildman–Crippen LogP) is 4.74. The van der Waals surface area contributed by atoms with Crippen molar-refractivity contribution in [3.05, 3.63) is 41.2 Å². The van der Waals surface area contributed by atoms with Gasteiger partial charge in [0.25, 0.3) is 0 Å². The van der Waals surface area contributed by atoms with E-state index in [9.17, 15) is 9.59 Å². The smallest absolute Gasteiger partial charge is 0.410 e. The maximum absolute atomic E-state index is 12.9. The van der Waals surface area contributed by atoms with Crippen molar-refractivity contribution in [2.24, 2.45) is 0 Å². The molecule has 33 heavy (non-hydrogen) atoms. The molecule has 1 aliphatic heterocycles. The second-order valence-corrected chi connectivity index (χ2v) is 9.93. The van der Waals surface area contributed by atoms with Crippen LogP contribution in [-0.4, -0.2) is 57.1 Å². The average molecular weight is 468 g/mol. The van der Waals surface area contributed by atoms with Gasteiger partial charge in [-0.3, -0.25) is 14.6 Å². The number of carbonyl (C=O) groups excluding carboxylic acids is 2. The van der Waals surface area contributed by atoms with E-state index in [0.29, 0.717) is 35.5 Å². The zero-order chi connectivity index (χ0) is 23.3. The van der Waals surface area contributed by atoms with Crippen molar-refractivity contribution in [1.82, 2.24) is 19.9 Å². The molecule has 1 saturated heterocycles. The van der Waals surface area contributed by atoms with Crippen molar-refractivity contribution in [2.75, 3.05) is 24.5 Å². The van der Waals surface area contributed by atoms with Crippen molar-refractivity contribution >= 4 is 40.5 Å². The van der Waals surface area contributed by atoms with Gasteiger partial charge in [0, 0.05) is 36.4 Å². The molecule has 0 bridgehead atoms. The third-order valence-electron chi connectivity index (χ3n) is 5.85. The summed E-state index contributed by atoms with van der Waals surface area (Å²) in [4.78, 5) is 40.7. The number of ether oxygens (including phenoxy) is 1. The molecule has 2 fully saturated rings. The Kier molecular flexibility index (Phi) is 5.28. The van der Waals surface area contributed by atoms with Crippen molar-refractivity contribution in [1.29, 1.82) is 0 Å². The minimum Gasteiger partial charge on any atom is -0.444 e. The quantitative estimate of drug-likeness (QED) is 0.600. The van der Waals surface area contributed by atoms with Gasteiger partial charge in [0.1, 0.15) is 23.6 Å². The van der Waals surface area contributed by atoms with E-state index in [-0.39, 0.29) is 12.5 Å². The Morgan fingerprint density at radius 1 is 1.24 bits per heavy atom. The monoisotopic (exact) mass is 467 g/mol. The summed E-state index contributed by atoms with van der Waals surface area (Å²) in [5.41, 5.74) is 2.74. The first-order valence-corrected chi connectivity index (χ1v) is 11.5. The Labute approximate surface area is 196 Å². The van der Waals surface area contributed by atoms with E-state index in [4.69, 9.17) is 21.3 Å². The molecule has 9 heteroatoms. The average Bonchev–Trinajstić information content (AvgIpc) is 3.51. The maximum atomic E-state index is 12.9. The number of rotatable bonds is 3. The fourth-order valence-corrected chi connectivity index (χ4v) is 4.44. The van der Waals surface area contributed by atoms with Crippen LogP contribution in [0.1, 0.15) is 45.1 Å². The standard InChI is InChI=1S/C24H26ClN5O3/c1-24(2,3)33-23(32)29-9-10-30(19(31)13-29)18-6-4-5-17(28-18)16-12-27-22-20(21(16)25)15(11-26-22)14-7-8-14/h4-6,11-12,14H,7-10,13H2,1-3H3,(H,26,27). The molecule has 2 amide bonds. The second-order valence-electron chi connectivity index (χ2n) is 9.56. The molecule has 0 unspecified atom stereocenters. The predicted molar refractivity (Wildman–Crippen MR) is 126 cm³/mol. The fraction of sp³-hybridized carbons (Fsp3) is 0.417. The molecule has 0 aromatic carbocycles. The van der Waals surface area contributed by atoms with Crippen LogP contribution < -0.4 is 4.90 Å². The van der Waals surface area contributed by atoms with Gasteiger partial charge in [-0.1, -0.05) is 17.7 Å². The van der Waals surface area contributed by atoms with E-state index in [1.807, 2.05) is 18.3 Å². The third-order valence-corrected chi connectivity index (χ3v) is 6.24. The minimum absolute atomic E-state index is 0.0524. The summed E-state index contributed by atoms with van der Waals surface area (Å²) < 4.78 is 5.39. The molecule has 172 valence electrons. The van der Waals surface area contributed by atoms with E-state index < -0.39 is 11.7 Å². The highest BCUT2D eigenvalue weighted by molar-refractivity contribution is 6.38. The number of aromatic nitrogens is 3. The van der Waals surface area contributed by atoms with Gasteiger partial charge in [-0.2, -0.15) is 0 Å². The number of carbonyl (C=O) groups is 2. The Morgan fingerprint density at radius 2 is 2.03 bits per heavy atom. The lowest BCUT2D eigenvalue weighted by molar-refractivity contribution is -0.121. The van der Waals surface area contributed by atoms with Gasteiger partial charge < -0.3 is 9.72 Å². The topological polar surface area (TPSA) is 91.4 Å². The molecule has 4 heterocycles. The molecule has 1 aliphatic carbocycles. The first-order valence-electron chi connectivity index (χ1n) is 11.1. The van der Waals surface area contributed by atoms with E-state index in [2.05, 4.69) is 9.97 Å². The lowest BCUT2D eigenvalue weighted by Crippen LogP contribution is -2.53. The van der Waals surface area contributed by atoms with Crippen molar-refractivity contribution in [2.45, 2.75) is 45.1 Å². The van der Waals surface area contributed by atoms with E-state index in [1.165, 1.54) is 23.3 Å². The number of fused-ring (bicyclic) bond motifs is 1. The molecule has 0 spiro atoms. The second kappa shape index (κ2) is 8.02. The number of hydrogen-bond donors (Lipinski definition) is 1. The Bertz CT molecular complexity index is 1240. The van der Waals surface area contributed by atoms with Crippen LogP contribution in [0, 0.1) is 0 Å². The molecule has 0 radical (unpaired) electrons. The summed E-state index contributed by atoms with van der Waals surface area (Å²) in [6.07, 6.45) is 5.56. The van der Waals surface area contributed by atoms with Crippen LogP contribution in [0.4, 0.5) is 10.6 Å². The third kappa shape index (κ3) is 4.27. The van der Waals surface area contributed by atoms with E-state index >= 15 is 0 Å². The van der Waals surface area contributed by atoms with Crippen LogP contribution >= 0.6 is 11.6 Å². The minimum atomic E-state index is -0.611. The van der Waals surface area contributed by atoms with Gasteiger partial charge in [-0.05, 0) is 57.2 Å². The highest BCUT2D eigenvalue weighted by Crippen LogP contribution is 2.46. The van der Waals surface area contributed by atoms with Crippen LogP contribution in [0.3, 0.4) is 0 Å². The van der Waals surface area contributed by atoms with Gasteiger partial charge in [-0.25, -0.2) is 14.8 Å².